The van der Waals surface area contributed by atoms with Crippen LogP contribution in [0.25, 0.3) is 0 Å². The largest absolute Gasteiger partial charge is 0.481 e. The third-order valence-electron chi connectivity index (χ3n) is 1.47. The maximum absolute atomic E-state index is 11.0. The smallest absolute Gasteiger partial charge is 0.303 e. The SMILES string of the molecule is C=CCNC(=O)CNCCCC(=O)O. The molecule has 1 amide bonds. The Morgan fingerprint density at radius 2 is 2.14 bits per heavy atom. The van der Waals surface area contributed by atoms with Gasteiger partial charge in [-0.3, -0.25) is 9.59 Å². The van der Waals surface area contributed by atoms with Crippen LogP contribution in [0.1, 0.15) is 12.8 Å². The molecule has 80 valence electrons. The summed E-state index contributed by atoms with van der Waals surface area (Å²) in [6.45, 7) is 4.67. The quantitative estimate of drug-likeness (QED) is 0.373. The van der Waals surface area contributed by atoms with E-state index in [-0.39, 0.29) is 18.9 Å². The van der Waals surface area contributed by atoms with E-state index in [4.69, 9.17) is 5.11 Å². The molecule has 0 unspecified atom stereocenters. The highest BCUT2D eigenvalue weighted by Crippen LogP contribution is 1.85. The lowest BCUT2D eigenvalue weighted by molar-refractivity contribution is -0.137. The van der Waals surface area contributed by atoms with Gasteiger partial charge in [0.25, 0.3) is 0 Å². The second-order valence-electron chi connectivity index (χ2n) is 2.77. The molecule has 0 aromatic heterocycles. The standard InChI is InChI=1S/C9H16N2O3/c1-2-5-11-8(12)7-10-6-3-4-9(13)14/h2,10H,1,3-7H2,(H,11,12)(H,13,14). The van der Waals surface area contributed by atoms with Gasteiger partial charge in [0, 0.05) is 13.0 Å². The fraction of sp³-hybridized carbons (Fsp3) is 0.556. The van der Waals surface area contributed by atoms with Gasteiger partial charge in [-0.25, -0.2) is 0 Å². The van der Waals surface area contributed by atoms with Gasteiger partial charge in [0.05, 0.1) is 6.54 Å². The third kappa shape index (κ3) is 8.73. The van der Waals surface area contributed by atoms with Crippen molar-refractivity contribution in [1.29, 1.82) is 0 Å². The van der Waals surface area contributed by atoms with Crippen LogP contribution in [0.15, 0.2) is 12.7 Å². The number of carbonyl (C=O) groups is 2. The van der Waals surface area contributed by atoms with Crippen LogP contribution in [0.2, 0.25) is 0 Å². The Morgan fingerprint density at radius 1 is 1.43 bits per heavy atom. The zero-order valence-corrected chi connectivity index (χ0v) is 8.08. The average Bonchev–Trinajstić information content (AvgIpc) is 2.13. The van der Waals surface area contributed by atoms with E-state index in [1.165, 1.54) is 0 Å². The van der Waals surface area contributed by atoms with Crippen LogP contribution in [-0.4, -0.2) is 36.6 Å². The Balaban J connectivity index is 3.22. The molecule has 0 bridgehead atoms. The first-order chi connectivity index (χ1) is 6.66. The molecule has 0 aliphatic carbocycles. The number of aliphatic carboxylic acids is 1. The molecule has 0 spiro atoms. The minimum absolute atomic E-state index is 0.111. The van der Waals surface area contributed by atoms with Crippen molar-refractivity contribution in [1.82, 2.24) is 10.6 Å². The van der Waals surface area contributed by atoms with Gasteiger partial charge in [0.1, 0.15) is 0 Å². The molecule has 0 aromatic carbocycles. The van der Waals surface area contributed by atoms with Crippen molar-refractivity contribution in [3.8, 4) is 0 Å². The Bertz CT molecular complexity index is 204. The van der Waals surface area contributed by atoms with E-state index in [9.17, 15) is 9.59 Å². The van der Waals surface area contributed by atoms with Crippen molar-refractivity contribution < 1.29 is 14.7 Å². The van der Waals surface area contributed by atoms with Crippen LogP contribution in [0.4, 0.5) is 0 Å². The van der Waals surface area contributed by atoms with Crippen LogP contribution in [-0.2, 0) is 9.59 Å². The Morgan fingerprint density at radius 3 is 2.71 bits per heavy atom. The second-order valence-corrected chi connectivity index (χ2v) is 2.77. The van der Waals surface area contributed by atoms with E-state index in [1.54, 1.807) is 6.08 Å². The molecule has 14 heavy (non-hydrogen) atoms. The molecule has 3 N–H and O–H groups in total. The van der Waals surface area contributed by atoms with Crippen LogP contribution < -0.4 is 10.6 Å². The molecule has 0 heterocycles. The molecule has 0 atom stereocenters. The monoisotopic (exact) mass is 200 g/mol. The summed E-state index contributed by atoms with van der Waals surface area (Å²) in [4.78, 5) is 21.1. The van der Waals surface area contributed by atoms with Gasteiger partial charge in [-0.15, -0.1) is 6.58 Å². The summed E-state index contributed by atoms with van der Waals surface area (Å²) < 4.78 is 0. The van der Waals surface area contributed by atoms with E-state index >= 15 is 0 Å². The molecule has 0 rings (SSSR count). The number of nitrogens with one attached hydrogen (secondary N) is 2. The highest BCUT2D eigenvalue weighted by molar-refractivity contribution is 5.78. The average molecular weight is 200 g/mol. The van der Waals surface area contributed by atoms with Gasteiger partial charge in [0.2, 0.25) is 5.91 Å². The lowest BCUT2D eigenvalue weighted by Crippen LogP contribution is -2.34. The normalized spacial score (nSPS) is 9.43. The zero-order valence-electron chi connectivity index (χ0n) is 8.08. The minimum atomic E-state index is -0.817. The highest BCUT2D eigenvalue weighted by atomic mass is 16.4. The van der Waals surface area contributed by atoms with Crippen molar-refractivity contribution in [3.05, 3.63) is 12.7 Å². The van der Waals surface area contributed by atoms with Crippen molar-refractivity contribution in [2.24, 2.45) is 0 Å². The van der Waals surface area contributed by atoms with Gasteiger partial charge in [0.15, 0.2) is 0 Å². The number of amides is 1. The third-order valence-corrected chi connectivity index (χ3v) is 1.47. The molecule has 0 fully saturated rings. The first kappa shape index (κ1) is 12.6. The highest BCUT2D eigenvalue weighted by Gasteiger charge is 1.99. The summed E-state index contributed by atoms with van der Waals surface area (Å²) in [5.74, 6) is -0.928. The molecule has 0 aliphatic rings. The van der Waals surface area contributed by atoms with E-state index in [2.05, 4.69) is 17.2 Å². The van der Waals surface area contributed by atoms with Gasteiger partial charge in [-0.2, -0.15) is 0 Å². The summed E-state index contributed by atoms with van der Waals surface area (Å²) in [6, 6.07) is 0. The molecule has 0 saturated heterocycles. The molecule has 0 radical (unpaired) electrons. The number of carboxylic acids is 1. The fourth-order valence-electron chi connectivity index (χ4n) is 0.815. The van der Waals surface area contributed by atoms with E-state index in [0.717, 1.165) is 0 Å². The molecule has 0 saturated carbocycles. The predicted molar refractivity (Wildman–Crippen MR) is 52.9 cm³/mol. The van der Waals surface area contributed by atoms with Crippen LogP contribution in [0.3, 0.4) is 0 Å². The van der Waals surface area contributed by atoms with Gasteiger partial charge in [-0.1, -0.05) is 6.08 Å². The Kier molecular flexibility index (Phi) is 7.45. The van der Waals surface area contributed by atoms with Crippen LogP contribution >= 0.6 is 0 Å². The fourth-order valence-corrected chi connectivity index (χ4v) is 0.815. The topological polar surface area (TPSA) is 78.4 Å². The summed E-state index contributed by atoms with van der Waals surface area (Å²) in [5, 5.41) is 13.8. The maximum Gasteiger partial charge on any atom is 0.303 e. The van der Waals surface area contributed by atoms with Gasteiger partial charge < -0.3 is 15.7 Å². The molecule has 0 aliphatic heterocycles. The summed E-state index contributed by atoms with van der Waals surface area (Å²) in [5.41, 5.74) is 0. The molecule has 0 aromatic rings. The molecular formula is C9H16N2O3. The first-order valence-corrected chi connectivity index (χ1v) is 4.47. The number of carboxylic acid groups (broad SMARTS) is 1. The lowest BCUT2D eigenvalue weighted by Gasteiger charge is -2.03. The van der Waals surface area contributed by atoms with Gasteiger partial charge >= 0.3 is 5.97 Å². The lowest BCUT2D eigenvalue weighted by atomic mass is 10.3. The van der Waals surface area contributed by atoms with Crippen molar-refractivity contribution in [2.75, 3.05) is 19.6 Å². The van der Waals surface area contributed by atoms with Crippen molar-refractivity contribution in [2.45, 2.75) is 12.8 Å². The van der Waals surface area contributed by atoms with E-state index in [0.29, 0.717) is 19.5 Å². The maximum atomic E-state index is 11.0. The minimum Gasteiger partial charge on any atom is -0.481 e. The Hall–Kier alpha value is -1.36. The van der Waals surface area contributed by atoms with Crippen molar-refractivity contribution >= 4 is 11.9 Å². The number of hydrogen-bond acceptors (Lipinski definition) is 3. The molecule has 5 heteroatoms. The van der Waals surface area contributed by atoms with E-state index in [1.807, 2.05) is 0 Å². The summed E-state index contributed by atoms with van der Waals surface area (Å²) in [6.07, 6.45) is 2.26. The first-order valence-electron chi connectivity index (χ1n) is 4.47. The molecule has 5 nitrogen and oxygen atoms in total. The van der Waals surface area contributed by atoms with Crippen LogP contribution in [0, 0.1) is 0 Å². The zero-order chi connectivity index (χ0) is 10.8. The summed E-state index contributed by atoms with van der Waals surface area (Å²) in [7, 11) is 0. The van der Waals surface area contributed by atoms with Crippen molar-refractivity contribution in [3.63, 3.8) is 0 Å². The molecular weight excluding hydrogens is 184 g/mol. The van der Waals surface area contributed by atoms with E-state index < -0.39 is 5.97 Å². The Labute approximate surface area is 83.2 Å². The number of hydrogen-bond donors (Lipinski definition) is 3. The number of rotatable bonds is 8. The predicted octanol–water partition coefficient (Wildman–Crippen LogP) is -0.257. The summed E-state index contributed by atoms with van der Waals surface area (Å²) >= 11 is 0. The number of carbonyl (C=O) groups excluding carboxylic acids is 1. The van der Waals surface area contributed by atoms with Crippen LogP contribution in [0.5, 0.6) is 0 Å². The second kappa shape index (κ2) is 8.25. The van der Waals surface area contributed by atoms with Gasteiger partial charge in [-0.05, 0) is 13.0 Å².